The van der Waals surface area contributed by atoms with Crippen molar-refractivity contribution in [2.45, 2.75) is 0 Å². The topological polar surface area (TPSA) is 40.5 Å². The zero-order valence-corrected chi connectivity index (χ0v) is 9.42. The fourth-order valence-corrected chi connectivity index (χ4v) is 1.54. The van der Waals surface area contributed by atoms with E-state index in [0.717, 1.165) is 11.1 Å². The summed E-state index contributed by atoms with van der Waals surface area (Å²) in [6, 6.07) is 17.9. The Bertz CT molecular complexity index is 504. The third kappa shape index (κ3) is 2.52. The minimum absolute atomic E-state index is 0.412. The van der Waals surface area contributed by atoms with Crippen LogP contribution in [0, 0.1) is 6.07 Å². The van der Waals surface area contributed by atoms with Crippen molar-refractivity contribution < 1.29 is 10.0 Å². The van der Waals surface area contributed by atoms with Gasteiger partial charge < -0.3 is 0 Å². The quantitative estimate of drug-likeness (QED) is 0.631. The monoisotopic (exact) mass is 226 g/mol. The van der Waals surface area contributed by atoms with Crippen LogP contribution in [0.15, 0.2) is 48.5 Å². The molecule has 0 bridgehead atoms. The normalized spacial score (nSPS) is 10.0. The molecule has 0 saturated heterocycles. The molecule has 0 unspecified atom stereocenters. The Morgan fingerprint density at radius 1 is 1.18 bits per heavy atom. The van der Waals surface area contributed by atoms with Crippen molar-refractivity contribution in [3.8, 4) is 11.1 Å². The average Bonchev–Trinajstić information content (AvgIpc) is 2.39. The average molecular weight is 226 g/mol. The molecule has 0 aliphatic rings. The molecule has 0 saturated carbocycles. The first-order chi connectivity index (χ1) is 8.18. The molecule has 0 aliphatic carbocycles. The van der Waals surface area contributed by atoms with E-state index >= 15 is 0 Å². The summed E-state index contributed by atoms with van der Waals surface area (Å²) in [7, 11) is 1.30. The van der Waals surface area contributed by atoms with Crippen molar-refractivity contribution in [3.05, 3.63) is 60.2 Å². The van der Waals surface area contributed by atoms with Gasteiger partial charge in [0.05, 0.1) is 0 Å². The summed E-state index contributed by atoms with van der Waals surface area (Å²) >= 11 is 0. The van der Waals surface area contributed by atoms with Crippen LogP contribution in [-0.2, 0) is 0 Å². The van der Waals surface area contributed by atoms with E-state index in [1.54, 1.807) is 12.1 Å². The Morgan fingerprint density at radius 3 is 2.41 bits per heavy atom. The molecule has 3 heteroatoms. The Kier molecular flexibility index (Phi) is 3.21. The van der Waals surface area contributed by atoms with Crippen molar-refractivity contribution >= 4 is 5.91 Å². The van der Waals surface area contributed by atoms with Crippen molar-refractivity contribution in [1.29, 1.82) is 0 Å². The van der Waals surface area contributed by atoms with E-state index in [4.69, 9.17) is 5.21 Å². The van der Waals surface area contributed by atoms with Crippen molar-refractivity contribution in [2.75, 3.05) is 7.05 Å². The molecule has 17 heavy (non-hydrogen) atoms. The molecule has 0 spiro atoms. The summed E-state index contributed by atoms with van der Waals surface area (Å²) in [5, 5.41) is 9.59. The predicted molar refractivity (Wildman–Crippen MR) is 64.6 cm³/mol. The van der Waals surface area contributed by atoms with E-state index in [0.29, 0.717) is 10.6 Å². The number of hydroxylamine groups is 2. The highest BCUT2D eigenvalue weighted by molar-refractivity contribution is 5.93. The SMILES string of the molecule is CN(O)C(=O)c1c[c]c(-c2ccccc2)cc1. The van der Waals surface area contributed by atoms with Gasteiger partial charge in [0.15, 0.2) is 0 Å². The van der Waals surface area contributed by atoms with Gasteiger partial charge in [0.25, 0.3) is 5.91 Å². The smallest absolute Gasteiger partial charge is 0.276 e. The molecule has 2 aromatic carbocycles. The molecule has 85 valence electrons. The van der Waals surface area contributed by atoms with E-state index < -0.39 is 5.91 Å². The van der Waals surface area contributed by atoms with E-state index in [9.17, 15) is 4.79 Å². The Balaban J connectivity index is 2.28. The van der Waals surface area contributed by atoms with Crippen LogP contribution < -0.4 is 0 Å². The summed E-state index contributed by atoms with van der Waals surface area (Å²) in [5.41, 5.74) is 2.38. The van der Waals surface area contributed by atoms with Gasteiger partial charge in [-0.15, -0.1) is 0 Å². The first-order valence-corrected chi connectivity index (χ1v) is 5.22. The molecule has 3 nitrogen and oxygen atoms in total. The Labute approximate surface area is 99.9 Å². The number of carbonyl (C=O) groups is 1. The van der Waals surface area contributed by atoms with E-state index in [1.165, 1.54) is 7.05 Å². The van der Waals surface area contributed by atoms with Crippen molar-refractivity contribution in [1.82, 2.24) is 5.06 Å². The highest BCUT2D eigenvalue weighted by Crippen LogP contribution is 2.18. The standard InChI is InChI=1S/C14H12NO2/c1-15(17)14(16)13-9-7-12(8-10-13)11-5-3-2-4-6-11/h2-7,9-10,17H,1H3. The number of amides is 1. The van der Waals surface area contributed by atoms with Gasteiger partial charge in [0, 0.05) is 12.6 Å². The van der Waals surface area contributed by atoms with Gasteiger partial charge in [-0.1, -0.05) is 36.4 Å². The van der Waals surface area contributed by atoms with Crippen LogP contribution in [0.25, 0.3) is 11.1 Å². The van der Waals surface area contributed by atoms with Crippen LogP contribution in [0.4, 0.5) is 0 Å². The van der Waals surface area contributed by atoms with Crippen LogP contribution in [0.1, 0.15) is 10.4 Å². The van der Waals surface area contributed by atoms with Crippen molar-refractivity contribution in [3.63, 3.8) is 0 Å². The number of carbonyl (C=O) groups excluding carboxylic acids is 1. The van der Waals surface area contributed by atoms with E-state index in [1.807, 2.05) is 36.4 Å². The van der Waals surface area contributed by atoms with Crippen LogP contribution >= 0.6 is 0 Å². The lowest BCUT2D eigenvalue weighted by Gasteiger charge is -2.08. The first-order valence-electron chi connectivity index (χ1n) is 5.22. The summed E-state index contributed by atoms with van der Waals surface area (Å²) in [6.07, 6.45) is 0. The van der Waals surface area contributed by atoms with Crippen molar-refractivity contribution in [2.24, 2.45) is 0 Å². The summed E-state index contributed by atoms with van der Waals surface area (Å²) < 4.78 is 0. The van der Waals surface area contributed by atoms with Gasteiger partial charge in [-0.3, -0.25) is 10.0 Å². The number of nitrogens with zero attached hydrogens (tertiary/aromatic N) is 1. The van der Waals surface area contributed by atoms with Crippen LogP contribution in [0.2, 0.25) is 0 Å². The third-order valence-corrected chi connectivity index (χ3v) is 2.44. The number of hydrogen-bond donors (Lipinski definition) is 1. The van der Waals surface area contributed by atoms with Gasteiger partial charge in [-0.05, 0) is 29.3 Å². The fraction of sp³-hybridized carbons (Fsp3) is 0.0714. The van der Waals surface area contributed by atoms with Crippen LogP contribution in [0.5, 0.6) is 0 Å². The molecule has 2 rings (SSSR count). The molecule has 1 radical (unpaired) electrons. The molecule has 0 atom stereocenters. The maximum Gasteiger partial charge on any atom is 0.276 e. The second-order valence-corrected chi connectivity index (χ2v) is 3.69. The molecular weight excluding hydrogens is 214 g/mol. The van der Waals surface area contributed by atoms with Gasteiger partial charge in [0.1, 0.15) is 0 Å². The lowest BCUT2D eigenvalue weighted by Crippen LogP contribution is -2.22. The molecule has 0 fully saturated rings. The summed E-state index contributed by atoms with van der Waals surface area (Å²) in [4.78, 5) is 11.4. The zero-order chi connectivity index (χ0) is 12.3. The lowest BCUT2D eigenvalue weighted by atomic mass is 10.0. The lowest BCUT2D eigenvalue weighted by molar-refractivity contribution is -0.0374. The molecule has 2 aromatic rings. The zero-order valence-electron chi connectivity index (χ0n) is 9.42. The van der Waals surface area contributed by atoms with E-state index in [-0.39, 0.29) is 0 Å². The third-order valence-electron chi connectivity index (χ3n) is 2.44. The highest BCUT2D eigenvalue weighted by atomic mass is 16.5. The summed E-state index contributed by atoms with van der Waals surface area (Å²) in [5.74, 6) is -0.444. The minimum Gasteiger partial charge on any atom is -0.286 e. The minimum atomic E-state index is -0.444. The van der Waals surface area contributed by atoms with Gasteiger partial charge in [-0.25, -0.2) is 5.06 Å². The summed E-state index contributed by atoms with van der Waals surface area (Å²) in [6.45, 7) is 0. The molecule has 1 amide bonds. The number of hydrogen-bond acceptors (Lipinski definition) is 2. The van der Waals surface area contributed by atoms with Gasteiger partial charge in [0.2, 0.25) is 0 Å². The van der Waals surface area contributed by atoms with E-state index in [2.05, 4.69) is 6.07 Å². The molecule has 0 heterocycles. The Hall–Kier alpha value is -2.13. The molecule has 1 N–H and O–H groups in total. The number of benzene rings is 2. The van der Waals surface area contributed by atoms with Gasteiger partial charge in [-0.2, -0.15) is 0 Å². The Morgan fingerprint density at radius 2 is 1.88 bits per heavy atom. The highest BCUT2D eigenvalue weighted by Gasteiger charge is 2.09. The van der Waals surface area contributed by atoms with Crippen LogP contribution in [-0.4, -0.2) is 23.2 Å². The van der Waals surface area contributed by atoms with Gasteiger partial charge >= 0.3 is 0 Å². The molecule has 0 aromatic heterocycles. The molecular formula is C14H12NO2. The fourth-order valence-electron chi connectivity index (χ4n) is 1.54. The number of rotatable bonds is 2. The first kappa shape index (κ1) is 11.4. The largest absolute Gasteiger partial charge is 0.286 e. The maximum atomic E-state index is 11.4. The second-order valence-electron chi connectivity index (χ2n) is 3.69. The van der Waals surface area contributed by atoms with Crippen LogP contribution in [0.3, 0.4) is 0 Å². The molecule has 0 aliphatic heterocycles. The second kappa shape index (κ2) is 4.80. The predicted octanol–water partition coefficient (Wildman–Crippen LogP) is 2.61. The maximum absolute atomic E-state index is 11.4.